The molecule has 0 saturated carbocycles. The highest BCUT2D eigenvalue weighted by Gasteiger charge is 2.20. The second-order valence-corrected chi connectivity index (χ2v) is 3.59. The van der Waals surface area contributed by atoms with Crippen LogP contribution >= 0.6 is 0 Å². The van der Waals surface area contributed by atoms with Crippen molar-refractivity contribution < 1.29 is 4.79 Å². The van der Waals surface area contributed by atoms with Gasteiger partial charge in [0.25, 0.3) is 0 Å². The maximum Gasteiger partial charge on any atom is 0.229 e. The smallest absolute Gasteiger partial charge is 0.229 e. The molecule has 0 spiro atoms. The molecule has 1 amide bonds. The number of nitrogens with one attached hydrogen (secondary N) is 2. The van der Waals surface area contributed by atoms with Gasteiger partial charge >= 0.3 is 0 Å². The summed E-state index contributed by atoms with van der Waals surface area (Å²) in [5.74, 6) is -0.0703. The first-order valence-electron chi connectivity index (χ1n) is 3.90. The van der Waals surface area contributed by atoms with Crippen LogP contribution in [0.2, 0.25) is 0 Å². The Morgan fingerprint density at radius 1 is 1.42 bits per heavy atom. The molecule has 0 atom stereocenters. The van der Waals surface area contributed by atoms with E-state index in [0.29, 0.717) is 5.70 Å². The lowest BCUT2D eigenvalue weighted by Gasteiger charge is -2.17. The number of hydrogen-bond acceptors (Lipinski definition) is 2. The summed E-state index contributed by atoms with van der Waals surface area (Å²) in [4.78, 5) is 11.3. The topological polar surface area (TPSA) is 53.0 Å². The van der Waals surface area contributed by atoms with Crippen LogP contribution in [0.3, 0.4) is 0 Å². The number of allylic oxidation sites excluding steroid dienone is 2. The molecule has 3 nitrogen and oxygen atoms in total. The molecule has 0 radical (unpaired) electrons. The van der Waals surface area contributed by atoms with Crippen LogP contribution in [-0.2, 0) is 4.79 Å². The normalized spacial score (nSPS) is 12.5. The highest BCUT2D eigenvalue weighted by molar-refractivity contribution is 5.89. The number of carbonyl (C=O) groups is 1. The van der Waals surface area contributed by atoms with Gasteiger partial charge in [0.15, 0.2) is 0 Å². The van der Waals surface area contributed by atoms with Crippen LogP contribution in [0, 0.1) is 10.8 Å². The van der Waals surface area contributed by atoms with E-state index in [-0.39, 0.29) is 5.91 Å². The van der Waals surface area contributed by atoms with Gasteiger partial charge in [0, 0.05) is 11.6 Å². The minimum absolute atomic E-state index is 0.0703. The van der Waals surface area contributed by atoms with E-state index >= 15 is 0 Å². The number of amides is 1. The van der Waals surface area contributed by atoms with E-state index < -0.39 is 5.41 Å². The molecule has 0 heterocycles. The minimum Gasteiger partial charge on any atom is -0.325 e. The SMILES string of the molecule is C/C=C(/C=N)NC(=O)C(C)(C)C. The molecule has 0 fully saturated rings. The van der Waals surface area contributed by atoms with Crippen LogP contribution in [0.1, 0.15) is 27.7 Å². The largest absolute Gasteiger partial charge is 0.325 e. The summed E-state index contributed by atoms with van der Waals surface area (Å²) in [5, 5.41) is 9.59. The first kappa shape index (κ1) is 10.9. The van der Waals surface area contributed by atoms with E-state index in [9.17, 15) is 4.79 Å². The Morgan fingerprint density at radius 2 is 1.92 bits per heavy atom. The molecule has 68 valence electrons. The van der Waals surface area contributed by atoms with Gasteiger partial charge in [-0.05, 0) is 6.92 Å². The Morgan fingerprint density at radius 3 is 2.17 bits per heavy atom. The summed E-state index contributed by atoms with van der Waals surface area (Å²) in [5.41, 5.74) is 0.131. The highest BCUT2D eigenvalue weighted by atomic mass is 16.2. The average Bonchev–Trinajstić information content (AvgIpc) is 1.97. The number of carbonyl (C=O) groups excluding carboxylic acids is 1. The first-order chi connectivity index (χ1) is 5.41. The van der Waals surface area contributed by atoms with Crippen molar-refractivity contribution in [1.82, 2.24) is 5.32 Å². The summed E-state index contributed by atoms with van der Waals surface area (Å²) >= 11 is 0. The zero-order valence-electron chi connectivity index (χ0n) is 8.06. The van der Waals surface area contributed by atoms with Crippen LogP contribution < -0.4 is 5.32 Å². The van der Waals surface area contributed by atoms with Crippen molar-refractivity contribution in [3.8, 4) is 0 Å². The maximum absolute atomic E-state index is 11.3. The van der Waals surface area contributed by atoms with Crippen molar-refractivity contribution in [2.24, 2.45) is 5.41 Å². The number of rotatable bonds is 2. The summed E-state index contributed by atoms with van der Waals surface area (Å²) in [6.07, 6.45) is 2.82. The highest BCUT2D eigenvalue weighted by Crippen LogP contribution is 2.12. The van der Waals surface area contributed by atoms with Gasteiger partial charge in [-0.25, -0.2) is 0 Å². The fourth-order valence-electron chi connectivity index (χ4n) is 0.510. The van der Waals surface area contributed by atoms with E-state index in [0.717, 1.165) is 6.21 Å². The van der Waals surface area contributed by atoms with E-state index in [1.54, 1.807) is 13.0 Å². The van der Waals surface area contributed by atoms with E-state index in [1.165, 1.54) is 0 Å². The first-order valence-corrected chi connectivity index (χ1v) is 3.90. The summed E-state index contributed by atoms with van der Waals surface area (Å²) in [7, 11) is 0. The molecule has 0 aromatic rings. The molecule has 0 aromatic carbocycles. The molecule has 0 saturated heterocycles. The average molecular weight is 168 g/mol. The molecule has 0 aromatic heterocycles. The van der Waals surface area contributed by atoms with Crippen LogP contribution in [0.25, 0.3) is 0 Å². The third kappa shape index (κ3) is 3.32. The van der Waals surface area contributed by atoms with Gasteiger partial charge in [0.05, 0.1) is 5.70 Å². The van der Waals surface area contributed by atoms with Crippen molar-refractivity contribution in [3.63, 3.8) is 0 Å². The minimum atomic E-state index is -0.405. The van der Waals surface area contributed by atoms with Crippen LogP contribution in [-0.4, -0.2) is 12.1 Å². The Labute approximate surface area is 73.4 Å². The maximum atomic E-state index is 11.3. The fraction of sp³-hybridized carbons (Fsp3) is 0.556. The molecule has 0 rings (SSSR count). The Bertz CT molecular complexity index is 211. The molecular weight excluding hydrogens is 152 g/mol. The quantitative estimate of drug-likeness (QED) is 0.606. The van der Waals surface area contributed by atoms with Crippen molar-refractivity contribution in [3.05, 3.63) is 11.8 Å². The molecule has 0 bridgehead atoms. The Kier molecular flexibility index (Phi) is 3.67. The van der Waals surface area contributed by atoms with E-state index in [4.69, 9.17) is 5.41 Å². The fourth-order valence-corrected chi connectivity index (χ4v) is 0.510. The lowest BCUT2D eigenvalue weighted by atomic mass is 9.95. The lowest BCUT2D eigenvalue weighted by Crippen LogP contribution is -2.34. The summed E-state index contributed by atoms with van der Waals surface area (Å²) in [6, 6.07) is 0. The summed E-state index contributed by atoms with van der Waals surface area (Å²) in [6.45, 7) is 7.28. The molecule has 12 heavy (non-hydrogen) atoms. The Balaban J connectivity index is 4.29. The zero-order valence-corrected chi connectivity index (χ0v) is 8.06. The van der Waals surface area contributed by atoms with Crippen LogP contribution in [0.15, 0.2) is 11.8 Å². The van der Waals surface area contributed by atoms with Gasteiger partial charge in [0.2, 0.25) is 5.91 Å². The molecule has 2 N–H and O–H groups in total. The molecular formula is C9H16N2O. The lowest BCUT2D eigenvalue weighted by molar-refractivity contribution is -0.127. The molecule has 0 unspecified atom stereocenters. The van der Waals surface area contributed by atoms with Crippen LogP contribution in [0.4, 0.5) is 0 Å². The third-order valence-corrected chi connectivity index (χ3v) is 1.41. The van der Waals surface area contributed by atoms with Crippen molar-refractivity contribution >= 4 is 12.1 Å². The van der Waals surface area contributed by atoms with Crippen LogP contribution in [0.5, 0.6) is 0 Å². The monoisotopic (exact) mass is 168 g/mol. The van der Waals surface area contributed by atoms with Gasteiger partial charge in [-0.3, -0.25) is 4.79 Å². The van der Waals surface area contributed by atoms with Gasteiger partial charge in [-0.2, -0.15) is 0 Å². The zero-order chi connectivity index (χ0) is 9.78. The standard InChI is InChI=1S/C9H16N2O/c1-5-7(6-10)11-8(12)9(2,3)4/h5-6,10H,1-4H3,(H,11,12)/b7-5-,10-6?. The van der Waals surface area contributed by atoms with Gasteiger partial charge in [-0.1, -0.05) is 26.8 Å². The number of hydrogen-bond donors (Lipinski definition) is 2. The second-order valence-electron chi connectivity index (χ2n) is 3.59. The van der Waals surface area contributed by atoms with Crippen molar-refractivity contribution in [1.29, 1.82) is 5.41 Å². The molecule has 3 heteroatoms. The predicted molar refractivity (Wildman–Crippen MR) is 50.1 cm³/mol. The predicted octanol–water partition coefficient (Wildman–Crippen LogP) is 1.70. The van der Waals surface area contributed by atoms with Crippen molar-refractivity contribution in [2.45, 2.75) is 27.7 Å². The van der Waals surface area contributed by atoms with Crippen molar-refractivity contribution in [2.75, 3.05) is 0 Å². The molecule has 0 aliphatic carbocycles. The van der Waals surface area contributed by atoms with E-state index in [2.05, 4.69) is 5.32 Å². The summed E-state index contributed by atoms with van der Waals surface area (Å²) < 4.78 is 0. The van der Waals surface area contributed by atoms with Gasteiger partial charge in [0.1, 0.15) is 0 Å². The molecule has 0 aliphatic heterocycles. The van der Waals surface area contributed by atoms with E-state index in [1.807, 2.05) is 20.8 Å². The Hall–Kier alpha value is -1.12. The third-order valence-electron chi connectivity index (χ3n) is 1.41. The van der Waals surface area contributed by atoms with Gasteiger partial charge in [-0.15, -0.1) is 0 Å². The molecule has 0 aliphatic rings. The van der Waals surface area contributed by atoms with Gasteiger partial charge < -0.3 is 10.7 Å². The second kappa shape index (κ2) is 4.04.